The minimum absolute atomic E-state index is 0.171. The highest BCUT2D eigenvalue weighted by molar-refractivity contribution is 7.07. The van der Waals surface area contributed by atoms with E-state index in [1.807, 2.05) is 0 Å². The largest absolute Gasteiger partial charge is 0.430 e. The van der Waals surface area contributed by atoms with Gasteiger partial charge in [0.15, 0.2) is 5.82 Å². The molecule has 0 saturated carbocycles. The van der Waals surface area contributed by atoms with E-state index in [0.29, 0.717) is 41.9 Å². The lowest BCUT2D eigenvalue weighted by Gasteiger charge is -2.06. The SMILES string of the molecule is COCCNC(=O)c1cccc(Oc2nc(Cc3ccc(C)cc3)ns2)c1. The molecule has 0 unspecified atom stereocenters. The second kappa shape index (κ2) is 9.25. The summed E-state index contributed by atoms with van der Waals surface area (Å²) >= 11 is 1.20. The number of amides is 1. The van der Waals surface area contributed by atoms with Gasteiger partial charge in [-0.25, -0.2) is 0 Å². The highest BCUT2D eigenvalue weighted by Gasteiger charge is 2.10. The zero-order valence-electron chi connectivity index (χ0n) is 15.3. The van der Waals surface area contributed by atoms with Crippen LogP contribution in [0.25, 0.3) is 0 Å². The van der Waals surface area contributed by atoms with Gasteiger partial charge in [0.25, 0.3) is 11.1 Å². The molecule has 0 aliphatic rings. The zero-order chi connectivity index (χ0) is 19.1. The van der Waals surface area contributed by atoms with Crippen molar-refractivity contribution < 1.29 is 14.3 Å². The Balaban J connectivity index is 1.62. The van der Waals surface area contributed by atoms with Crippen molar-refractivity contribution in [1.29, 1.82) is 0 Å². The summed E-state index contributed by atoms with van der Waals surface area (Å²) in [5.41, 5.74) is 2.90. The first-order chi connectivity index (χ1) is 13.1. The third-order valence-corrected chi connectivity index (χ3v) is 4.46. The molecule has 0 aliphatic heterocycles. The van der Waals surface area contributed by atoms with E-state index >= 15 is 0 Å². The van der Waals surface area contributed by atoms with Crippen LogP contribution in [-0.2, 0) is 11.2 Å². The number of aryl methyl sites for hydroxylation is 1. The fraction of sp³-hybridized carbons (Fsp3) is 0.250. The molecule has 7 heteroatoms. The van der Waals surface area contributed by atoms with Crippen LogP contribution in [0.3, 0.4) is 0 Å². The Hall–Kier alpha value is -2.77. The van der Waals surface area contributed by atoms with Gasteiger partial charge in [0.2, 0.25) is 0 Å². The number of ether oxygens (including phenoxy) is 2. The van der Waals surface area contributed by atoms with Crippen LogP contribution in [0.15, 0.2) is 48.5 Å². The van der Waals surface area contributed by atoms with Gasteiger partial charge in [-0.3, -0.25) is 4.79 Å². The summed E-state index contributed by atoms with van der Waals surface area (Å²) in [6.07, 6.45) is 0.655. The summed E-state index contributed by atoms with van der Waals surface area (Å²) in [5.74, 6) is 1.09. The molecule has 140 valence electrons. The maximum Gasteiger partial charge on any atom is 0.298 e. The number of nitrogens with one attached hydrogen (secondary N) is 1. The van der Waals surface area contributed by atoms with Gasteiger partial charge in [-0.05, 0) is 30.7 Å². The summed E-state index contributed by atoms with van der Waals surface area (Å²) in [5, 5.41) is 3.23. The first kappa shape index (κ1) is 19.0. The standard InChI is InChI=1S/C20H21N3O3S/c1-14-6-8-15(9-7-14)12-18-22-20(27-23-18)26-17-5-3-4-16(13-17)19(24)21-10-11-25-2/h3-9,13H,10-12H2,1-2H3,(H,21,24). The summed E-state index contributed by atoms with van der Waals surface area (Å²) in [6, 6.07) is 15.3. The van der Waals surface area contributed by atoms with Gasteiger partial charge in [-0.2, -0.15) is 9.36 Å². The van der Waals surface area contributed by atoms with Gasteiger partial charge >= 0.3 is 0 Å². The van der Waals surface area contributed by atoms with E-state index in [-0.39, 0.29) is 5.91 Å². The van der Waals surface area contributed by atoms with Gasteiger partial charge in [-0.1, -0.05) is 35.9 Å². The van der Waals surface area contributed by atoms with Crippen LogP contribution in [0.4, 0.5) is 0 Å². The highest BCUT2D eigenvalue weighted by atomic mass is 32.1. The van der Waals surface area contributed by atoms with Gasteiger partial charge in [0.05, 0.1) is 6.61 Å². The third-order valence-electron chi connectivity index (χ3n) is 3.83. The maximum absolute atomic E-state index is 12.1. The van der Waals surface area contributed by atoms with Crippen LogP contribution in [0.5, 0.6) is 10.9 Å². The van der Waals surface area contributed by atoms with Crippen LogP contribution in [0.1, 0.15) is 27.3 Å². The van der Waals surface area contributed by atoms with Gasteiger partial charge < -0.3 is 14.8 Å². The predicted octanol–water partition coefficient (Wildman–Crippen LogP) is 3.61. The van der Waals surface area contributed by atoms with E-state index < -0.39 is 0 Å². The maximum atomic E-state index is 12.1. The molecule has 0 bridgehead atoms. The topological polar surface area (TPSA) is 73.3 Å². The van der Waals surface area contributed by atoms with Crippen LogP contribution in [-0.4, -0.2) is 35.5 Å². The van der Waals surface area contributed by atoms with Crippen molar-refractivity contribution in [2.45, 2.75) is 13.3 Å². The molecule has 27 heavy (non-hydrogen) atoms. The molecule has 0 atom stereocenters. The number of nitrogens with zero attached hydrogens (tertiary/aromatic N) is 2. The Morgan fingerprint density at radius 1 is 1.19 bits per heavy atom. The Kier molecular flexibility index (Phi) is 6.51. The van der Waals surface area contributed by atoms with E-state index in [0.717, 1.165) is 5.56 Å². The summed E-state index contributed by atoms with van der Waals surface area (Å²) < 4.78 is 15.1. The smallest absolute Gasteiger partial charge is 0.298 e. The Morgan fingerprint density at radius 3 is 2.78 bits per heavy atom. The Morgan fingerprint density at radius 2 is 2.00 bits per heavy atom. The summed E-state index contributed by atoms with van der Waals surface area (Å²) in [4.78, 5) is 16.5. The first-order valence-electron chi connectivity index (χ1n) is 8.57. The second-order valence-corrected chi connectivity index (χ2v) is 6.73. The molecule has 1 amide bonds. The molecule has 1 heterocycles. The molecular formula is C20H21N3O3S. The molecule has 0 aliphatic carbocycles. The Labute approximate surface area is 162 Å². The number of rotatable bonds is 8. The number of aromatic nitrogens is 2. The van der Waals surface area contributed by atoms with Gasteiger partial charge in [0.1, 0.15) is 5.75 Å². The number of hydrogen-bond acceptors (Lipinski definition) is 6. The molecule has 0 radical (unpaired) electrons. The number of carbonyl (C=O) groups is 1. The molecule has 0 saturated heterocycles. The molecule has 0 fully saturated rings. The lowest BCUT2D eigenvalue weighted by Crippen LogP contribution is -2.26. The fourth-order valence-electron chi connectivity index (χ4n) is 2.41. The van der Waals surface area contributed by atoms with Crippen LogP contribution < -0.4 is 10.1 Å². The van der Waals surface area contributed by atoms with Gasteiger partial charge in [0, 0.05) is 37.2 Å². The van der Waals surface area contributed by atoms with E-state index in [9.17, 15) is 4.79 Å². The predicted molar refractivity (Wildman–Crippen MR) is 105 cm³/mol. The Bertz CT molecular complexity index is 893. The molecular weight excluding hydrogens is 362 g/mol. The molecule has 2 aromatic carbocycles. The van der Waals surface area contributed by atoms with Crippen molar-refractivity contribution in [3.05, 3.63) is 71.0 Å². The molecule has 1 aromatic heterocycles. The average molecular weight is 383 g/mol. The number of carbonyl (C=O) groups excluding carboxylic acids is 1. The van der Waals surface area contributed by atoms with E-state index in [4.69, 9.17) is 9.47 Å². The lowest BCUT2D eigenvalue weighted by molar-refractivity contribution is 0.0937. The van der Waals surface area contributed by atoms with Crippen molar-refractivity contribution in [2.75, 3.05) is 20.3 Å². The minimum Gasteiger partial charge on any atom is -0.430 e. The molecule has 3 aromatic rings. The van der Waals surface area contributed by atoms with Crippen LogP contribution in [0, 0.1) is 6.92 Å². The minimum atomic E-state index is -0.171. The van der Waals surface area contributed by atoms with Crippen molar-refractivity contribution >= 4 is 17.4 Å². The lowest BCUT2D eigenvalue weighted by atomic mass is 10.1. The molecule has 3 rings (SSSR count). The van der Waals surface area contributed by atoms with Crippen LogP contribution >= 0.6 is 11.5 Å². The van der Waals surface area contributed by atoms with E-state index in [1.165, 1.54) is 17.1 Å². The van der Waals surface area contributed by atoms with E-state index in [2.05, 4.69) is 45.9 Å². The monoisotopic (exact) mass is 383 g/mol. The summed E-state index contributed by atoms with van der Waals surface area (Å²) in [6.45, 7) is 2.98. The average Bonchev–Trinajstić information content (AvgIpc) is 3.11. The number of hydrogen-bond donors (Lipinski definition) is 1. The first-order valence-corrected chi connectivity index (χ1v) is 9.34. The molecule has 6 nitrogen and oxygen atoms in total. The van der Waals surface area contributed by atoms with Crippen molar-refractivity contribution in [1.82, 2.24) is 14.7 Å². The highest BCUT2D eigenvalue weighted by Crippen LogP contribution is 2.24. The van der Waals surface area contributed by atoms with Crippen molar-refractivity contribution in [3.8, 4) is 10.9 Å². The van der Waals surface area contributed by atoms with Crippen LogP contribution in [0.2, 0.25) is 0 Å². The second-order valence-electron chi connectivity index (χ2n) is 6.02. The normalized spacial score (nSPS) is 10.6. The molecule has 0 spiro atoms. The number of benzene rings is 2. The molecule has 1 N–H and O–H groups in total. The van der Waals surface area contributed by atoms with E-state index in [1.54, 1.807) is 31.4 Å². The summed E-state index contributed by atoms with van der Waals surface area (Å²) in [7, 11) is 1.59. The van der Waals surface area contributed by atoms with Gasteiger partial charge in [-0.15, -0.1) is 0 Å². The van der Waals surface area contributed by atoms with Crippen molar-refractivity contribution in [2.24, 2.45) is 0 Å². The third kappa shape index (κ3) is 5.60. The zero-order valence-corrected chi connectivity index (χ0v) is 16.1. The van der Waals surface area contributed by atoms with Crippen molar-refractivity contribution in [3.63, 3.8) is 0 Å². The quantitative estimate of drug-likeness (QED) is 0.602. The fourth-order valence-corrected chi connectivity index (χ4v) is 2.98. The number of methoxy groups -OCH3 is 1.